The van der Waals surface area contributed by atoms with Crippen molar-refractivity contribution in [3.63, 3.8) is 0 Å². The van der Waals surface area contributed by atoms with Gasteiger partial charge in [-0.25, -0.2) is 0 Å². The van der Waals surface area contributed by atoms with Crippen LogP contribution in [0.5, 0.6) is 0 Å². The molecule has 0 amide bonds. The van der Waals surface area contributed by atoms with Crippen molar-refractivity contribution < 1.29 is 0 Å². The zero-order valence-corrected chi connectivity index (χ0v) is 12.2. The van der Waals surface area contributed by atoms with Gasteiger partial charge in [0.25, 0.3) is 0 Å². The predicted molar refractivity (Wildman–Crippen MR) is 76.0 cm³/mol. The van der Waals surface area contributed by atoms with Crippen molar-refractivity contribution in [3.05, 3.63) is 34.3 Å². The van der Waals surface area contributed by atoms with E-state index in [0.29, 0.717) is 12.6 Å². The van der Waals surface area contributed by atoms with Crippen LogP contribution in [-0.4, -0.2) is 23.5 Å². The fourth-order valence-corrected chi connectivity index (χ4v) is 3.28. The first kappa shape index (κ1) is 13.1. The maximum absolute atomic E-state index is 6.00. The molecule has 2 rings (SSSR count). The van der Waals surface area contributed by atoms with Gasteiger partial charge in [-0.2, -0.15) is 0 Å². The third-order valence-corrected chi connectivity index (χ3v) is 4.29. The maximum atomic E-state index is 6.00. The first-order valence-electron chi connectivity index (χ1n) is 6.27. The molecular formula is C14H21BrN2. The van der Waals surface area contributed by atoms with Gasteiger partial charge in [0.1, 0.15) is 0 Å². The first-order valence-corrected chi connectivity index (χ1v) is 7.06. The molecule has 0 saturated carbocycles. The van der Waals surface area contributed by atoms with E-state index in [2.05, 4.69) is 58.9 Å². The van der Waals surface area contributed by atoms with E-state index >= 15 is 0 Å². The fraction of sp³-hybridized carbons (Fsp3) is 0.571. The fourth-order valence-electron chi connectivity index (χ4n) is 2.86. The van der Waals surface area contributed by atoms with Gasteiger partial charge in [0.05, 0.1) is 0 Å². The molecule has 1 aromatic carbocycles. The lowest BCUT2D eigenvalue weighted by molar-refractivity contribution is 0.119. The molecule has 1 aromatic rings. The van der Waals surface area contributed by atoms with Crippen molar-refractivity contribution >= 4 is 15.9 Å². The van der Waals surface area contributed by atoms with E-state index in [1.54, 1.807) is 0 Å². The monoisotopic (exact) mass is 296 g/mol. The minimum absolute atomic E-state index is 0.270. The van der Waals surface area contributed by atoms with Crippen molar-refractivity contribution in [2.75, 3.05) is 13.1 Å². The van der Waals surface area contributed by atoms with Gasteiger partial charge in [0, 0.05) is 22.6 Å². The lowest BCUT2D eigenvalue weighted by Gasteiger charge is -2.38. The largest absolute Gasteiger partial charge is 0.329 e. The zero-order valence-electron chi connectivity index (χ0n) is 10.6. The first-order chi connectivity index (χ1) is 8.04. The van der Waals surface area contributed by atoms with Crippen molar-refractivity contribution in [2.45, 2.75) is 38.3 Å². The molecule has 2 nitrogen and oxygen atoms in total. The van der Waals surface area contributed by atoms with Crippen molar-refractivity contribution in [1.82, 2.24) is 4.90 Å². The SMILES string of the molecule is CC1(C)CCCN1C(CN)c1cccc(Br)c1. The second-order valence-corrected chi connectivity index (χ2v) is 6.33. The number of rotatable bonds is 3. The van der Waals surface area contributed by atoms with Gasteiger partial charge in [-0.15, -0.1) is 0 Å². The van der Waals surface area contributed by atoms with E-state index < -0.39 is 0 Å². The average Bonchev–Trinajstić information content (AvgIpc) is 2.60. The van der Waals surface area contributed by atoms with Crippen LogP contribution in [0.1, 0.15) is 38.3 Å². The summed E-state index contributed by atoms with van der Waals surface area (Å²) in [6.07, 6.45) is 2.54. The average molecular weight is 297 g/mol. The molecule has 0 aliphatic carbocycles. The quantitative estimate of drug-likeness (QED) is 0.927. The number of halogens is 1. The Morgan fingerprint density at radius 1 is 1.47 bits per heavy atom. The number of hydrogen-bond donors (Lipinski definition) is 1. The Balaban J connectivity index is 2.27. The van der Waals surface area contributed by atoms with Crippen LogP contribution in [-0.2, 0) is 0 Å². The van der Waals surface area contributed by atoms with Crippen LogP contribution in [0.25, 0.3) is 0 Å². The van der Waals surface area contributed by atoms with Crippen molar-refractivity contribution in [2.24, 2.45) is 5.73 Å². The summed E-state index contributed by atoms with van der Waals surface area (Å²) in [5.74, 6) is 0. The molecule has 0 spiro atoms. The Hall–Kier alpha value is -0.380. The normalized spacial score (nSPS) is 21.6. The van der Waals surface area contributed by atoms with Gasteiger partial charge in [-0.3, -0.25) is 4.90 Å². The van der Waals surface area contributed by atoms with Crippen LogP contribution in [0, 0.1) is 0 Å². The Morgan fingerprint density at radius 3 is 2.76 bits per heavy atom. The Labute approximate surface area is 112 Å². The lowest BCUT2D eigenvalue weighted by Crippen LogP contribution is -2.43. The Morgan fingerprint density at radius 2 is 2.24 bits per heavy atom. The van der Waals surface area contributed by atoms with E-state index in [1.165, 1.54) is 18.4 Å². The molecule has 0 bridgehead atoms. The van der Waals surface area contributed by atoms with Gasteiger partial charge in [-0.1, -0.05) is 28.1 Å². The number of likely N-dealkylation sites (tertiary alicyclic amines) is 1. The summed E-state index contributed by atoms with van der Waals surface area (Å²) >= 11 is 3.54. The molecule has 2 N–H and O–H groups in total. The molecule has 1 heterocycles. The standard InChI is InChI=1S/C14H21BrN2/c1-14(2)7-4-8-17(14)13(10-16)11-5-3-6-12(15)9-11/h3,5-6,9,13H,4,7-8,10,16H2,1-2H3. The van der Waals surface area contributed by atoms with Crippen LogP contribution in [0.3, 0.4) is 0 Å². The van der Waals surface area contributed by atoms with E-state index in [9.17, 15) is 0 Å². The van der Waals surface area contributed by atoms with Crippen molar-refractivity contribution in [1.29, 1.82) is 0 Å². The number of nitrogens with zero attached hydrogens (tertiary/aromatic N) is 1. The van der Waals surface area contributed by atoms with Crippen LogP contribution in [0.2, 0.25) is 0 Å². The molecule has 1 atom stereocenters. The molecule has 17 heavy (non-hydrogen) atoms. The van der Waals surface area contributed by atoms with Gasteiger partial charge < -0.3 is 5.73 Å². The summed E-state index contributed by atoms with van der Waals surface area (Å²) in [7, 11) is 0. The topological polar surface area (TPSA) is 29.3 Å². The molecule has 0 radical (unpaired) electrons. The molecule has 1 aliphatic rings. The minimum Gasteiger partial charge on any atom is -0.329 e. The Bertz CT molecular complexity index is 390. The summed E-state index contributed by atoms with van der Waals surface area (Å²) in [6, 6.07) is 8.85. The van der Waals surface area contributed by atoms with Gasteiger partial charge >= 0.3 is 0 Å². The third kappa shape index (κ3) is 2.72. The third-order valence-electron chi connectivity index (χ3n) is 3.80. The second kappa shape index (κ2) is 5.09. The summed E-state index contributed by atoms with van der Waals surface area (Å²) in [6.45, 7) is 6.47. The van der Waals surface area contributed by atoms with Crippen LogP contribution >= 0.6 is 15.9 Å². The van der Waals surface area contributed by atoms with E-state index in [0.717, 1.165) is 11.0 Å². The van der Waals surface area contributed by atoms with E-state index in [-0.39, 0.29) is 5.54 Å². The van der Waals surface area contributed by atoms with Gasteiger partial charge in [-0.05, 0) is 50.9 Å². The second-order valence-electron chi connectivity index (χ2n) is 5.42. The van der Waals surface area contributed by atoms with Gasteiger partial charge in [0.2, 0.25) is 0 Å². The molecule has 1 unspecified atom stereocenters. The van der Waals surface area contributed by atoms with E-state index in [4.69, 9.17) is 5.73 Å². The van der Waals surface area contributed by atoms with E-state index in [1.807, 2.05) is 0 Å². The summed E-state index contributed by atoms with van der Waals surface area (Å²) < 4.78 is 1.13. The van der Waals surface area contributed by atoms with Crippen LogP contribution < -0.4 is 5.73 Å². The van der Waals surface area contributed by atoms with Crippen LogP contribution in [0.15, 0.2) is 28.7 Å². The molecular weight excluding hydrogens is 276 g/mol. The summed E-state index contributed by atoms with van der Waals surface area (Å²) in [4.78, 5) is 2.55. The molecule has 94 valence electrons. The number of hydrogen-bond acceptors (Lipinski definition) is 2. The lowest BCUT2D eigenvalue weighted by atomic mass is 9.97. The highest BCUT2D eigenvalue weighted by atomic mass is 79.9. The predicted octanol–water partition coefficient (Wildman–Crippen LogP) is 3.32. The summed E-state index contributed by atoms with van der Waals surface area (Å²) in [5.41, 5.74) is 7.59. The molecule has 3 heteroatoms. The highest BCUT2D eigenvalue weighted by Gasteiger charge is 2.36. The smallest absolute Gasteiger partial charge is 0.0476 e. The number of nitrogens with two attached hydrogens (primary N) is 1. The van der Waals surface area contributed by atoms with Gasteiger partial charge in [0.15, 0.2) is 0 Å². The minimum atomic E-state index is 0.270. The Kier molecular flexibility index (Phi) is 3.91. The van der Waals surface area contributed by atoms with Crippen molar-refractivity contribution in [3.8, 4) is 0 Å². The molecule has 0 aromatic heterocycles. The molecule has 1 aliphatic heterocycles. The molecule has 1 saturated heterocycles. The highest BCUT2D eigenvalue weighted by molar-refractivity contribution is 9.10. The number of benzene rings is 1. The highest BCUT2D eigenvalue weighted by Crippen LogP contribution is 2.36. The maximum Gasteiger partial charge on any atom is 0.0476 e. The van der Waals surface area contributed by atoms with Crippen LogP contribution in [0.4, 0.5) is 0 Å². The zero-order chi connectivity index (χ0) is 12.5. The summed E-state index contributed by atoms with van der Waals surface area (Å²) in [5, 5.41) is 0. The molecule has 1 fully saturated rings.